The molecule has 1 unspecified atom stereocenters. The molecule has 1 saturated heterocycles. The van der Waals surface area contributed by atoms with Crippen LogP contribution in [0.25, 0.3) is 0 Å². The molecule has 1 aliphatic rings. The highest BCUT2D eigenvalue weighted by Crippen LogP contribution is 2.14. The number of hydrogen-bond donors (Lipinski definition) is 3. The Morgan fingerprint density at radius 3 is 2.61 bits per heavy atom. The fourth-order valence-corrected chi connectivity index (χ4v) is 2.08. The number of hydrogen-bond acceptors (Lipinski definition) is 3. The predicted molar refractivity (Wildman–Crippen MR) is 69.2 cm³/mol. The molecule has 1 atom stereocenters. The second-order valence-corrected chi connectivity index (χ2v) is 4.55. The standard InChI is InChI=1S/C13H17N3O2/c14-13(18)10-1-3-11(4-2-10)16-12(17)7-9-5-6-15-8-9/h1-4,9,15H,5-8H2,(H2,14,18)(H,16,17). The van der Waals surface area contributed by atoms with Gasteiger partial charge in [-0.15, -0.1) is 0 Å². The fourth-order valence-electron chi connectivity index (χ4n) is 2.08. The molecule has 5 nitrogen and oxygen atoms in total. The Labute approximate surface area is 106 Å². The zero-order chi connectivity index (χ0) is 13.0. The summed E-state index contributed by atoms with van der Waals surface area (Å²) < 4.78 is 0. The minimum absolute atomic E-state index is 0.00975. The molecule has 0 radical (unpaired) electrons. The van der Waals surface area contributed by atoms with Gasteiger partial charge in [-0.3, -0.25) is 9.59 Å². The van der Waals surface area contributed by atoms with Gasteiger partial charge >= 0.3 is 0 Å². The van der Waals surface area contributed by atoms with Crippen LogP contribution in [0, 0.1) is 5.92 Å². The third kappa shape index (κ3) is 3.30. The highest BCUT2D eigenvalue weighted by molar-refractivity contribution is 5.94. The molecule has 4 N–H and O–H groups in total. The van der Waals surface area contributed by atoms with Gasteiger partial charge in [0.05, 0.1) is 0 Å². The molecule has 1 fully saturated rings. The lowest BCUT2D eigenvalue weighted by Gasteiger charge is -2.09. The predicted octanol–water partition coefficient (Wildman–Crippen LogP) is 0.724. The molecule has 1 aliphatic heterocycles. The van der Waals surface area contributed by atoms with Crippen molar-refractivity contribution in [3.05, 3.63) is 29.8 Å². The van der Waals surface area contributed by atoms with E-state index in [1.807, 2.05) is 0 Å². The van der Waals surface area contributed by atoms with Crippen molar-refractivity contribution in [1.82, 2.24) is 5.32 Å². The molecular formula is C13H17N3O2. The van der Waals surface area contributed by atoms with E-state index in [2.05, 4.69) is 10.6 Å². The summed E-state index contributed by atoms with van der Waals surface area (Å²) in [5.41, 5.74) is 6.27. The van der Waals surface area contributed by atoms with Crippen LogP contribution < -0.4 is 16.4 Å². The normalized spacial score (nSPS) is 18.6. The molecule has 1 aromatic rings. The largest absolute Gasteiger partial charge is 0.366 e. The number of amides is 2. The topological polar surface area (TPSA) is 84.2 Å². The van der Waals surface area contributed by atoms with E-state index in [9.17, 15) is 9.59 Å². The van der Waals surface area contributed by atoms with Crippen molar-refractivity contribution >= 4 is 17.5 Å². The highest BCUT2D eigenvalue weighted by Gasteiger charge is 2.17. The van der Waals surface area contributed by atoms with Crippen LogP contribution in [0.5, 0.6) is 0 Å². The molecular weight excluding hydrogens is 230 g/mol. The zero-order valence-electron chi connectivity index (χ0n) is 10.1. The Kier molecular flexibility index (Phi) is 3.94. The Morgan fingerprint density at radius 2 is 2.06 bits per heavy atom. The molecule has 0 aliphatic carbocycles. The van der Waals surface area contributed by atoms with E-state index in [1.54, 1.807) is 24.3 Å². The summed E-state index contributed by atoms with van der Waals surface area (Å²) in [5, 5.41) is 6.05. The minimum atomic E-state index is -0.468. The number of primary amides is 1. The maximum atomic E-state index is 11.8. The van der Waals surface area contributed by atoms with Crippen molar-refractivity contribution in [2.75, 3.05) is 18.4 Å². The SMILES string of the molecule is NC(=O)c1ccc(NC(=O)CC2CCNC2)cc1. The first kappa shape index (κ1) is 12.6. The zero-order valence-corrected chi connectivity index (χ0v) is 10.1. The number of benzene rings is 1. The smallest absolute Gasteiger partial charge is 0.248 e. The van der Waals surface area contributed by atoms with Crippen molar-refractivity contribution in [3.63, 3.8) is 0 Å². The lowest BCUT2D eigenvalue weighted by molar-refractivity contribution is -0.116. The monoisotopic (exact) mass is 247 g/mol. The van der Waals surface area contributed by atoms with Gasteiger partial charge in [-0.1, -0.05) is 0 Å². The van der Waals surface area contributed by atoms with E-state index >= 15 is 0 Å². The lowest BCUT2D eigenvalue weighted by atomic mass is 10.0. The summed E-state index contributed by atoms with van der Waals surface area (Å²) in [6, 6.07) is 6.58. The molecule has 1 aromatic carbocycles. The summed E-state index contributed by atoms with van der Waals surface area (Å²) in [5.74, 6) is -0.0321. The first-order chi connectivity index (χ1) is 8.65. The summed E-state index contributed by atoms with van der Waals surface area (Å²) >= 11 is 0. The van der Waals surface area contributed by atoms with Gasteiger partial charge < -0.3 is 16.4 Å². The highest BCUT2D eigenvalue weighted by atomic mass is 16.2. The molecule has 2 rings (SSSR count). The maximum absolute atomic E-state index is 11.8. The lowest BCUT2D eigenvalue weighted by Crippen LogP contribution is -2.18. The molecule has 1 heterocycles. The summed E-state index contributed by atoms with van der Waals surface area (Å²) in [6.45, 7) is 1.90. The van der Waals surface area contributed by atoms with E-state index in [4.69, 9.17) is 5.73 Å². The van der Waals surface area contributed by atoms with E-state index in [0.717, 1.165) is 19.5 Å². The Morgan fingerprint density at radius 1 is 1.33 bits per heavy atom. The quantitative estimate of drug-likeness (QED) is 0.733. The summed E-state index contributed by atoms with van der Waals surface area (Å²) in [7, 11) is 0. The first-order valence-electron chi connectivity index (χ1n) is 6.05. The van der Waals surface area contributed by atoms with Gasteiger partial charge in [0.15, 0.2) is 0 Å². The molecule has 96 valence electrons. The van der Waals surface area contributed by atoms with Crippen LogP contribution >= 0.6 is 0 Å². The third-order valence-corrected chi connectivity index (χ3v) is 3.09. The van der Waals surface area contributed by atoms with Gasteiger partial charge in [-0.25, -0.2) is 0 Å². The molecule has 2 amide bonds. The number of anilines is 1. The van der Waals surface area contributed by atoms with Gasteiger partial charge in [-0.05, 0) is 49.7 Å². The average Bonchev–Trinajstić information content (AvgIpc) is 2.82. The second kappa shape index (κ2) is 5.64. The first-order valence-corrected chi connectivity index (χ1v) is 6.05. The van der Waals surface area contributed by atoms with Crippen LogP contribution in [0.2, 0.25) is 0 Å². The van der Waals surface area contributed by atoms with E-state index < -0.39 is 5.91 Å². The number of carbonyl (C=O) groups excluding carboxylic acids is 2. The van der Waals surface area contributed by atoms with Crippen molar-refractivity contribution in [2.45, 2.75) is 12.8 Å². The van der Waals surface area contributed by atoms with Gasteiger partial charge in [0, 0.05) is 17.7 Å². The van der Waals surface area contributed by atoms with Crippen LogP contribution in [-0.2, 0) is 4.79 Å². The fraction of sp³-hybridized carbons (Fsp3) is 0.385. The van der Waals surface area contributed by atoms with Crippen LogP contribution in [0.3, 0.4) is 0 Å². The van der Waals surface area contributed by atoms with Crippen LogP contribution in [-0.4, -0.2) is 24.9 Å². The van der Waals surface area contributed by atoms with Crippen molar-refractivity contribution in [1.29, 1.82) is 0 Å². The number of nitrogens with one attached hydrogen (secondary N) is 2. The van der Waals surface area contributed by atoms with Crippen molar-refractivity contribution in [2.24, 2.45) is 11.7 Å². The summed E-state index contributed by atoms with van der Waals surface area (Å²) in [4.78, 5) is 22.6. The maximum Gasteiger partial charge on any atom is 0.248 e. The minimum Gasteiger partial charge on any atom is -0.366 e. The van der Waals surface area contributed by atoms with E-state index in [1.165, 1.54) is 0 Å². The van der Waals surface area contributed by atoms with Crippen molar-refractivity contribution < 1.29 is 9.59 Å². The van der Waals surface area contributed by atoms with E-state index in [0.29, 0.717) is 23.6 Å². The number of carbonyl (C=O) groups is 2. The third-order valence-electron chi connectivity index (χ3n) is 3.09. The summed E-state index contributed by atoms with van der Waals surface area (Å²) in [6.07, 6.45) is 1.58. The molecule has 0 bridgehead atoms. The van der Waals surface area contributed by atoms with Crippen LogP contribution in [0.15, 0.2) is 24.3 Å². The molecule has 0 spiro atoms. The van der Waals surface area contributed by atoms with Gasteiger partial charge in [-0.2, -0.15) is 0 Å². The molecule has 0 saturated carbocycles. The number of rotatable bonds is 4. The average molecular weight is 247 g/mol. The Balaban J connectivity index is 1.88. The van der Waals surface area contributed by atoms with Crippen LogP contribution in [0.4, 0.5) is 5.69 Å². The van der Waals surface area contributed by atoms with E-state index in [-0.39, 0.29) is 5.91 Å². The van der Waals surface area contributed by atoms with Gasteiger partial charge in [0.1, 0.15) is 0 Å². The molecule has 18 heavy (non-hydrogen) atoms. The Bertz CT molecular complexity index is 436. The van der Waals surface area contributed by atoms with Crippen molar-refractivity contribution in [3.8, 4) is 0 Å². The molecule has 5 heteroatoms. The van der Waals surface area contributed by atoms with Crippen LogP contribution in [0.1, 0.15) is 23.2 Å². The number of nitrogens with two attached hydrogens (primary N) is 1. The Hall–Kier alpha value is -1.88. The second-order valence-electron chi connectivity index (χ2n) is 4.55. The molecule has 0 aromatic heterocycles. The van der Waals surface area contributed by atoms with Gasteiger partial charge in [0.25, 0.3) is 0 Å². The van der Waals surface area contributed by atoms with Gasteiger partial charge in [0.2, 0.25) is 11.8 Å².